The highest BCUT2D eigenvalue weighted by Gasteiger charge is 2.37. The van der Waals surface area contributed by atoms with E-state index in [2.05, 4.69) is 0 Å². The van der Waals surface area contributed by atoms with Crippen molar-refractivity contribution >= 4 is 0 Å². The summed E-state index contributed by atoms with van der Waals surface area (Å²) in [5.41, 5.74) is -2.64. The van der Waals surface area contributed by atoms with Crippen molar-refractivity contribution in [1.29, 1.82) is 0 Å². The molecule has 0 spiro atoms. The molecule has 0 heterocycles. The van der Waals surface area contributed by atoms with Crippen LogP contribution in [0.25, 0.3) is 0 Å². The zero-order valence-corrected chi connectivity index (χ0v) is 7.60. The van der Waals surface area contributed by atoms with Crippen LogP contribution in [0.5, 0.6) is 0 Å². The van der Waals surface area contributed by atoms with E-state index >= 15 is 0 Å². The molecule has 1 rings (SSSR count). The molecule has 0 bridgehead atoms. The number of hydrogen-bond acceptors (Lipinski definition) is 1. The van der Waals surface area contributed by atoms with E-state index < -0.39 is 35.6 Å². The lowest BCUT2D eigenvalue weighted by molar-refractivity contribution is -0.140. The summed E-state index contributed by atoms with van der Waals surface area (Å²) in [6.45, 7) is 0. The van der Waals surface area contributed by atoms with Gasteiger partial charge in [-0.05, 0) is 18.2 Å². The van der Waals surface area contributed by atoms with E-state index in [4.69, 9.17) is 5.11 Å². The van der Waals surface area contributed by atoms with Crippen LogP contribution in [-0.4, -0.2) is 11.5 Å². The Morgan fingerprint density at radius 1 is 1.12 bits per heavy atom. The van der Waals surface area contributed by atoms with Gasteiger partial charge in [-0.1, -0.05) is 0 Å². The Kier molecular flexibility index (Phi) is 3.47. The van der Waals surface area contributed by atoms with Crippen LogP contribution in [0.3, 0.4) is 0 Å². The predicted molar refractivity (Wildman–Crippen MR) is 42.4 cm³/mol. The maximum Gasteiger partial charge on any atom is 0.416 e. The van der Waals surface area contributed by atoms with E-state index in [-0.39, 0.29) is 6.07 Å². The Morgan fingerprint density at radius 2 is 1.69 bits per heavy atom. The first-order chi connectivity index (χ1) is 7.23. The van der Waals surface area contributed by atoms with Crippen molar-refractivity contribution in [2.24, 2.45) is 0 Å². The van der Waals surface area contributed by atoms with Crippen molar-refractivity contribution in [3.05, 3.63) is 35.1 Å². The number of alkyl halides is 5. The molecule has 90 valence electrons. The molecule has 16 heavy (non-hydrogen) atoms. The van der Waals surface area contributed by atoms with Crippen LogP contribution < -0.4 is 0 Å². The standard InChI is InChI=1S/C9H6F6O/c10-4-1-2-6(9(13,14)15)5(3-4)7(16)8(11)12/h1-3,7-8,16H. The zero-order chi connectivity index (χ0) is 12.5. The van der Waals surface area contributed by atoms with E-state index in [0.29, 0.717) is 12.1 Å². The van der Waals surface area contributed by atoms with Crippen molar-refractivity contribution < 1.29 is 31.4 Å². The SMILES string of the molecule is OC(c1cc(F)ccc1C(F)(F)F)C(F)F. The van der Waals surface area contributed by atoms with Crippen molar-refractivity contribution in [1.82, 2.24) is 0 Å². The monoisotopic (exact) mass is 244 g/mol. The van der Waals surface area contributed by atoms with Gasteiger partial charge >= 0.3 is 6.18 Å². The van der Waals surface area contributed by atoms with Crippen molar-refractivity contribution in [2.75, 3.05) is 0 Å². The first-order valence-corrected chi connectivity index (χ1v) is 4.06. The molecule has 1 aromatic rings. The minimum Gasteiger partial charge on any atom is -0.382 e. The largest absolute Gasteiger partial charge is 0.416 e. The molecule has 0 aliphatic rings. The van der Waals surface area contributed by atoms with Crippen LogP contribution in [0.2, 0.25) is 0 Å². The summed E-state index contributed by atoms with van der Waals surface area (Å²) in [4.78, 5) is 0. The number of aliphatic hydroxyl groups is 1. The fraction of sp³-hybridized carbons (Fsp3) is 0.333. The second-order valence-electron chi connectivity index (χ2n) is 3.01. The van der Waals surface area contributed by atoms with Crippen LogP contribution in [0, 0.1) is 5.82 Å². The van der Waals surface area contributed by atoms with Crippen molar-refractivity contribution in [3.63, 3.8) is 0 Å². The van der Waals surface area contributed by atoms with Gasteiger partial charge in [0.2, 0.25) is 0 Å². The Hall–Kier alpha value is -1.24. The Morgan fingerprint density at radius 3 is 2.12 bits per heavy atom. The van der Waals surface area contributed by atoms with Gasteiger partial charge in [-0.3, -0.25) is 0 Å². The molecule has 1 N–H and O–H groups in total. The lowest BCUT2D eigenvalue weighted by Crippen LogP contribution is -2.16. The van der Waals surface area contributed by atoms with E-state index in [1.165, 1.54) is 0 Å². The Bertz CT molecular complexity index is 373. The van der Waals surface area contributed by atoms with Gasteiger partial charge in [0.25, 0.3) is 6.43 Å². The topological polar surface area (TPSA) is 20.2 Å². The van der Waals surface area contributed by atoms with Gasteiger partial charge < -0.3 is 5.11 Å². The summed E-state index contributed by atoms with van der Waals surface area (Å²) in [5.74, 6) is -1.12. The molecule has 1 nitrogen and oxygen atoms in total. The summed E-state index contributed by atoms with van der Waals surface area (Å²) < 4.78 is 73.8. The van der Waals surface area contributed by atoms with Crippen molar-refractivity contribution in [2.45, 2.75) is 18.7 Å². The number of benzene rings is 1. The van der Waals surface area contributed by atoms with Gasteiger partial charge in [0, 0.05) is 5.56 Å². The van der Waals surface area contributed by atoms with E-state index in [9.17, 15) is 26.3 Å². The smallest absolute Gasteiger partial charge is 0.382 e. The van der Waals surface area contributed by atoms with Crippen LogP contribution in [0.1, 0.15) is 17.2 Å². The minimum absolute atomic E-state index is 0.250. The maximum absolute atomic E-state index is 12.6. The first kappa shape index (κ1) is 12.8. The molecule has 1 unspecified atom stereocenters. The average Bonchev–Trinajstić information content (AvgIpc) is 2.14. The molecule has 7 heteroatoms. The molecule has 1 aromatic carbocycles. The average molecular weight is 244 g/mol. The molecule has 0 saturated carbocycles. The summed E-state index contributed by atoms with van der Waals surface area (Å²) in [6, 6.07) is 1.06. The summed E-state index contributed by atoms with van der Waals surface area (Å²) in [6.07, 6.45) is -11.0. The van der Waals surface area contributed by atoms with Gasteiger partial charge in [-0.15, -0.1) is 0 Å². The molecule has 0 amide bonds. The second kappa shape index (κ2) is 4.32. The maximum atomic E-state index is 12.6. The van der Waals surface area contributed by atoms with E-state index in [1.54, 1.807) is 0 Å². The van der Waals surface area contributed by atoms with Crippen LogP contribution in [-0.2, 0) is 6.18 Å². The number of hydrogen-bond donors (Lipinski definition) is 1. The summed E-state index contributed by atoms with van der Waals surface area (Å²) in [7, 11) is 0. The molecular formula is C9H6F6O. The van der Waals surface area contributed by atoms with Crippen molar-refractivity contribution in [3.8, 4) is 0 Å². The lowest BCUT2D eigenvalue weighted by atomic mass is 10.0. The highest BCUT2D eigenvalue weighted by Crippen LogP contribution is 2.36. The Balaban J connectivity index is 3.29. The van der Waals surface area contributed by atoms with Gasteiger partial charge in [0.1, 0.15) is 11.9 Å². The molecule has 0 saturated heterocycles. The van der Waals surface area contributed by atoms with Gasteiger partial charge in [-0.2, -0.15) is 13.2 Å². The second-order valence-corrected chi connectivity index (χ2v) is 3.01. The molecule has 1 atom stereocenters. The summed E-state index contributed by atoms with van der Waals surface area (Å²) in [5, 5.41) is 8.85. The Labute approximate surface area is 86.3 Å². The molecule has 0 aliphatic heterocycles. The molecule has 0 aromatic heterocycles. The summed E-state index contributed by atoms with van der Waals surface area (Å²) >= 11 is 0. The zero-order valence-electron chi connectivity index (χ0n) is 7.60. The molecule has 0 fully saturated rings. The third kappa shape index (κ3) is 2.66. The van der Waals surface area contributed by atoms with Crippen LogP contribution >= 0.6 is 0 Å². The fourth-order valence-electron chi connectivity index (χ4n) is 1.17. The van der Waals surface area contributed by atoms with Gasteiger partial charge in [-0.25, -0.2) is 13.2 Å². The quantitative estimate of drug-likeness (QED) is 0.792. The first-order valence-electron chi connectivity index (χ1n) is 4.06. The highest BCUT2D eigenvalue weighted by atomic mass is 19.4. The third-order valence-corrected chi connectivity index (χ3v) is 1.88. The molecule has 0 aliphatic carbocycles. The lowest BCUT2D eigenvalue weighted by Gasteiger charge is -2.16. The molecular weight excluding hydrogens is 238 g/mol. The van der Waals surface area contributed by atoms with E-state index in [1.807, 2.05) is 0 Å². The highest BCUT2D eigenvalue weighted by molar-refractivity contribution is 5.32. The van der Waals surface area contributed by atoms with Crippen LogP contribution in [0.15, 0.2) is 18.2 Å². The van der Waals surface area contributed by atoms with Gasteiger partial charge in [0.05, 0.1) is 5.56 Å². The molecule has 0 radical (unpaired) electrons. The van der Waals surface area contributed by atoms with Gasteiger partial charge in [0.15, 0.2) is 0 Å². The number of aliphatic hydroxyl groups excluding tert-OH is 1. The van der Waals surface area contributed by atoms with Crippen LogP contribution in [0.4, 0.5) is 26.3 Å². The minimum atomic E-state index is -4.92. The fourth-order valence-corrected chi connectivity index (χ4v) is 1.17. The number of rotatable bonds is 2. The van der Waals surface area contributed by atoms with E-state index in [0.717, 1.165) is 0 Å². The third-order valence-electron chi connectivity index (χ3n) is 1.88. The number of halogens is 6. The predicted octanol–water partition coefficient (Wildman–Crippen LogP) is 3.14. The normalized spacial score (nSPS) is 14.2.